The van der Waals surface area contributed by atoms with Crippen LogP contribution in [-0.4, -0.2) is 28.0 Å². The van der Waals surface area contributed by atoms with E-state index in [-0.39, 0.29) is 23.2 Å². The van der Waals surface area contributed by atoms with Gasteiger partial charge in [-0.1, -0.05) is 63.9 Å². The van der Waals surface area contributed by atoms with Gasteiger partial charge in [-0.15, -0.1) is 0 Å². The highest BCUT2D eigenvalue weighted by molar-refractivity contribution is 8.14. The van der Waals surface area contributed by atoms with E-state index in [4.69, 9.17) is 27.7 Å². The molecule has 8 nitrogen and oxygen atoms in total. The second kappa shape index (κ2) is 9.56. The lowest BCUT2D eigenvalue weighted by atomic mass is 10.2. The Morgan fingerprint density at radius 3 is 2.75 bits per heavy atom. The SMILES string of the molecule is C[n+]1cc(/N=C(\[O-])CSC2=N/C(=C/c3ccc(Cl)cc3Cl)C(=O)N2c2ccccc2)on1. The Balaban J connectivity index is 1.63. The van der Waals surface area contributed by atoms with E-state index in [2.05, 4.69) is 15.3 Å². The molecule has 0 saturated heterocycles. The smallest absolute Gasteiger partial charge is 0.320 e. The van der Waals surface area contributed by atoms with Crippen LogP contribution in [0, 0.1) is 0 Å². The number of amides is 1. The summed E-state index contributed by atoms with van der Waals surface area (Å²) in [6.07, 6.45) is 3.07. The van der Waals surface area contributed by atoms with Gasteiger partial charge >= 0.3 is 5.88 Å². The van der Waals surface area contributed by atoms with Crippen LogP contribution in [0.2, 0.25) is 10.0 Å². The van der Waals surface area contributed by atoms with Crippen molar-refractivity contribution in [3.8, 4) is 0 Å². The molecule has 0 radical (unpaired) electrons. The number of nitrogens with zero attached hydrogens (tertiary/aromatic N) is 5. The lowest BCUT2D eigenvalue weighted by molar-refractivity contribution is -0.739. The summed E-state index contributed by atoms with van der Waals surface area (Å²) in [5.74, 6) is -0.737. The molecule has 4 rings (SSSR count). The number of aryl methyl sites for hydroxylation is 1. The van der Waals surface area contributed by atoms with Gasteiger partial charge in [0.05, 0.1) is 5.69 Å². The fraction of sp³-hybridized carbons (Fsp3) is 0.0952. The molecular weight excluding hydrogens is 473 g/mol. The first kappa shape index (κ1) is 22.1. The van der Waals surface area contributed by atoms with Gasteiger partial charge in [0.2, 0.25) is 0 Å². The number of benzene rings is 2. The highest BCUT2D eigenvalue weighted by Crippen LogP contribution is 2.31. The Morgan fingerprint density at radius 2 is 2.06 bits per heavy atom. The van der Waals surface area contributed by atoms with Crippen molar-refractivity contribution >= 4 is 69.6 Å². The van der Waals surface area contributed by atoms with Crippen molar-refractivity contribution < 1.29 is 19.1 Å². The Morgan fingerprint density at radius 1 is 1.28 bits per heavy atom. The fourth-order valence-corrected chi connectivity index (χ4v) is 4.07. The zero-order valence-corrected chi connectivity index (χ0v) is 18.9. The number of hydrogen-bond donors (Lipinski definition) is 0. The van der Waals surface area contributed by atoms with Crippen LogP contribution >= 0.6 is 35.0 Å². The van der Waals surface area contributed by atoms with E-state index < -0.39 is 5.90 Å². The number of hydrogen-bond acceptors (Lipinski definition) is 7. The van der Waals surface area contributed by atoms with E-state index in [0.29, 0.717) is 26.5 Å². The molecule has 0 unspecified atom stereocenters. The molecular formula is C21H15Cl2N5O3S. The van der Waals surface area contributed by atoms with Crippen molar-refractivity contribution in [3.05, 3.63) is 76.0 Å². The quantitative estimate of drug-likeness (QED) is 0.237. The number of rotatable bonds is 5. The summed E-state index contributed by atoms with van der Waals surface area (Å²) in [5, 5.41) is 17.1. The topological polar surface area (TPSA) is 98.0 Å². The molecule has 0 bridgehead atoms. The Hall–Kier alpha value is -3.14. The van der Waals surface area contributed by atoms with Gasteiger partial charge in [-0.3, -0.25) is 14.2 Å². The van der Waals surface area contributed by atoms with Crippen LogP contribution in [0.4, 0.5) is 11.6 Å². The summed E-state index contributed by atoms with van der Waals surface area (Å²) < 4.78 is 6.31. The van der Waals surface area contributed by atoms with Gasteiger partial charge in [0.1, 0.15) is 5.70 Å². The molecule has 162 valence electrons. The van der Waals surface area contributed by atoms with Gasteiger partial charge in [-0.05, 0) is 41.8 Å². The fourth-order valence-electron chi connectivity index (χ4n) is 2.81. The number of aromatic nitrogens is 2. The van der Waals surface area contributed by atoms with Crippen molar-refractivity contribution in [2.24, 2.45) is 17.0 Å². The van der Waals surface area contributed by atoms with Crippen LogP contribution in [0.3, 0.4) is 0 Å². The average Bonchev–Trinajstić information content (AvgIpc) is 3.31. The molecule has 32 heavy (non-hydrogen) atoms. The van der Waals surface area contributed by atoms with Crippen LogP contribution in [0.1, 0.15) is 5.56 Å². The minimum atomic E-state index is -0.451. The number of aliphatic imine (C=N–C) groups is 2. The summed E-state index contributed by atoms with van der Waals surface area (Å²) in [7, 11) is 1.65. The number of carbonyl (C=O) groups is 1. The Labute approximate surface area is 197 Å². The van der Waals surface area contributed by atoms with Gasteiger partial charge in [0.15, 0.2) is 17.5 Å². The molecule has 2 aromatic carbocycles. The highest BCUT2D eigenvalue weighted by atomic mass is 35.5. The van der Waals surface area contributed by atoms with Crippen LogP contribution in [0.15, 0.2) is 74.9 Å². The third kappa shape index (κ3) is 5.01. The average molecular weight is 488 g/mol. The van der Waals surface area contributed by atoms with Crippen molar-refractivity contribution in [3.63, 3.8) is 0 Å². The molecule has 1 amide bonds. The summed E-state index contributed by atoms with van der Waals surface area (Å²) in [5.41, 5.74) is 1.42. The molecule has 3 aromatic rings. The van der Waals surface area contributed by atoms with E-state index in [0.717, 1.165) is 11.8 Å². The number of para-hydroxylation sites is 1. The molecule has 0 saturated carbocycles. The van der Waals surface area contributed by atoms with Crippen molar-refractivity contribution in [2.75, 3.05) is 10.7 Å². The van der Waals surface area contributed by atoms with Crippen molar-refractivity contribution in [1.82, 2.24) is 5.27 Å². The third-order valence-corrected chi connectivity index (χ3v) is 5.70. The molecule has 1 aliphatic rings. The van der Waals surface area contributed by atoms with Crippen LogP contribution in [-0.2, 0) is 11.8 Å². The largest absolute Gasteiger partial charge is 0.861 e. The van der Waals surface area contributed by atoms with E-state index in [1.165, 1.54) is 15.8 Å². The Bertz CT molecular complexity index is 1260. The molecule has 0 aliphatic carbocycles. The van der Waals surface area contributed by atoms with E-state index in [9.17, 15) is 9.90 Å². The maximum absolute atomic E-state index is 13.2. The minimum Gasteiger partial charge on any atom is -0.861 e. The minimum absolute atomic E-state index is 0.0468. The van der Waals surface area contributed by atoms with Gasteiger partial charge in [0.25, 0.3) is 12.1 Å². The molecule has 1 aromatic heterocycles. The Kier molecular flexibility index (Phi) is 6.59. The van der Waals surface area contributed by atoms with Gasteiger partial charge in [0, 0.05) is 15.8 Å². The van der Waals surface area contributed by atoms with Crippen molar-refractivity contribution in [2.45, 2.75) is 0 Å². The van der Waals surface area contributed by atoms with E-state index >= 15 is 0 Å². The number of anilines is 1. The normalized spacial score (nSPS) is 15.5. The van der Waals surface area contributed by atoms with Gasteiger partial charge in [-0.2, -0.15) is 0 Å². The van der Waals surface area contributed by atoms with Crippen LogP contribution in [0.5, 0.6) is 0 Å². The number of thioether (sulfide) groups is 1. The molecule has 0 atom stereocenters. The number of halogens is 2. The van der Waals surface area contributed by atoms with Gasteiger partial charge in [-0.25, -0.2) is 9.98 Å². The molecule has 11 heteroatoms. The summed E-state index contributed by atoms with van der Waals surface area (Å²) in [6, 6.07) is 14.0. The highest BCUT2D eigenvalue weighted by Gasteiger charge is 2.32. The second-order valence-electron chi connectivity index (χ2n) is 6.57. The summed E-state index contributed by atoms with van der Waals surface area (Å²) in [4.78, 5) is 22.9. The van der Waals surface area contributed by atoms with Gasteiger partial charge < -0.3 is 5.11 Å². The monoisotopic (exact) mass is 487 g/mol. The number of amidine groups is 1. The molecule has 0 fully saturated rings. The van der Waals surface area contributed by atoms with E-state index in [1.807, 2.05) is 18.2 Å². The predicted octanol–water partition coefficient (Wildman–Crippen LogP) is 3.37. The van der Waals surface area contributed by atoms with E-state index in [1.54, 1.807) is 43.5 Å². The maximum Gasteiger partial charge on any atom is 0.320 e. The molecule has 2 heterocycles. The summed E-state index contributed by atoms with van der Waals surface area (Å²) in [6.45, 7) is 0. The first-order valence-electron chi connectivity index (χ1n) is 9.25. The molecule has 0 spiro atoms. The summed E-state index contributed by atoms with van der Waals surface area (Å²) >= 11 is 13.3. The zero-order valence-electron chi connectivity index (χ0n) is 16.6. The lowest BCUT2D eigenvalue weighted by Gasteiger charge is -2.18. The standard InChI is InChI=1S/C21H15Cl2N5O3S/c1-27-11-19(31-26-27)25-18(29)12-32-21-24-17(9-13-7-8-14(22)10-16(13)23)20(30)28(21)15-5-3-2-4-6-15/h2-11H,12H2,1H3/b17-9+. The zero-order chi connectivity index (χ0) is 22.7. The maximum atomic E-state index is 13.2. The lowest BCUT2D eigenvalue weighted by Crippen LogP contribution is -2.31. The first-order chi connectivity index (χ1) is 15.4. The third-order valence-electron chi connectivity index (χ3n) is 4.22. The number of carbonyl (C=O) groups excluding carboxylic acids is 1. The molecule has 1 aliphatic heterocycles. The molecule has 0 N–H and O–H groups in total. The van der Waals surface area contributed by atoms with Crippen LogP contribution < -0.4 is 14.7 Å². The predicted molar refractivity (Wildman–Crippen MR) is 123 cm³/mol. The van der Waals surface area contributed by atoms with Crippen molar-refractivity contribution in [1.29, 1.82) is 0 Å². The second-order valence-corrected chi connectivity index (χ2v) is 8.36. The van der Waals surface area contributed by atoms with Crippen LogP contribution in [0.25, 0.3) is 6.08 Å². The first-order valence-corrected chi connectivity index (χ1v) is 11.0.